The van der Waals surface area contributed by atoms with E-state index in [1.165, 1.54) is 11.3 Å². The van der Waals surface area contributed by atoms with Crippen molar-refractivity contribution in [1.82, 2.24) is 4.98 Å². The van der Waals surface area contributed by atoms with Crippen molar-refractivity contribution in [2.24, 2.45) is 0 Å². The van der Waals surface area contributed by atoms with Gasteiger partial charge in [0.2, 0.25) is 5.91 Å². The monoisotopic (exact) mass is 320 g/mol. The number of nitrogens with one attached hydrogen (secondary N) is 1. The largest absolute Gasteiger partial charge is 0.497 e. The number of methoxy groups -OCH3 is 1. The van der Waals surface area contributed by atoms with Gasteiger partial charge in [0.15, 0.2) is 5.13 Å². The Kier molecular flexibility index (Phi) is 5.11. The van der Waals surface area contributed by atoms with Crippen LogP contribution in [0.4, 0.5) is 5.13 Å². The Morgan fingerprint density at radius 3 is 2.55 bits per heavy atom. The van der Waals surface area contributed by atoms with Crippen molar-refractivity contribution in [3.8, 4) is 17.0 Å². The number of amides is 1. The summed E-state index contributed by atoms with van der Waals surface area (Å²) in [6.07, 6.45) is -0.257. The summed E-state index contributed by atoms with van der Waals surface area (Å²) in [6, 6.07) is 7.49. The van der Waals surface area contributed by atoms with Gasteiger partial charge in [-0.3, -0.25) is 9.59 Å². The van der Waals surface area contributed by atoms with Gasteiger partial charge in [-0.25, -0.2) is 4.98 Å². The average molecular weight is 320 g/mol. The first-order valence-electron chi connectivity index (χ1n) is 6.63. The molecule has 7 heteroatoms. The zero-order valence-corrected chi connectivity index (χ0v) is 13.1. The van der Waals surface area contributed by atoms with Gasteiger partial charge in [-0.1, -0.05) is 0 Å². The lowest BCUT2D eigenvalue weighted by molar-refractivity contribution is -0.138. The second-order valence-corrected chi connectivity index (χ2v) is 5.80. The van der Waals surface area contributed by atoms with Crippen LogP contribution in [0.15, 0.2) is 24.3 Å². The molecular weight excluding hydrogens is 304 g/mol. The number of rotatable bonds is 6. The number of aryl methyl sites for hydroxylation is 1. The summed E-state index contributed by atoms with van der Waals surface area (Å²) in [4.78, 5) is 27.5. The third kappa shape index (κ3) is 4.05. The van der Waals surface area contributed by atoms with Gasteiger partial charge in [0, 0.05) is 16.9 Å². The van der Waals surface area contributed by atoms with Crippen molar-refractivity contribution in [2.75, 3.05) is 12.4 Å². The summed E-state index contributed by atoms with van der Waals surface area (Å²) in [6.45, 7) is 1.92. The number of hydrogen-bond donors (Lipinski definition) is 2. The van der Waals surface area contributed by atoms with Crippen LogP contribution >= 0.6 is 11.3 Å². The highest BCUT2D eigenvalue weighted by Gasteiger charge is 2.13. The van der Waals surface area contributed by atoms with E-state index in [0.29, 0.717) is 5.13 Å². The van der Waals surface area contributed by atoms with Gasteiger partial charge in [0.25, 0.3) is 0 Å². The molecule has 0 radical (unpaired) electrons. The fraction of sp³-hybridized carbons (Fsp3) is 0.267. The summed E-state index contributed by atoms with van der Waals surface area (Å²) in [5.74, 6) is -0.583. The molecule has 0 fully saturated rings. The molecule has 0 bridgehead atoms. The summed E-state index contributed by atoms with van der Waals surface area (Å²) < 4.78 is 5.12. The Balaban J connectivity index is 2.10. The van der Waals surface area contributed by atoms with Gasteiger partial charge in [-0.05, 0) is 31.2 Å². The van der Waals surface area contributed by atoms with E-state index in [0.717, 1.165) is 21.9 Å². The van der Waals surface area contributed by atoms with Crippen LogP contribution in [0.3, 0.4) is 0 Å². The third-order valence-electron chi connectivity index (χ3n) is 2.97. The highest BCUT2D eigenvalue weighted by molar-refractivity contribution is 7.16. The van der Waals surface area contributed by atoms with Crippen LogP contribution in [-0.4, -0.2) is 29.1 Å². The molecule has 0 aliphatic heterocycles. The number of carboxylic acid groups (broad SMARTS) is 1. The maximum atomic E-state index is 11.6. The number of ether oxygens (including phenoxy) is 1. The Hall–Kier alpha value is -2.41. The number of nitrogens with zero attached hydrogens (tertiary/aromatic N) is 1. The van der Waals surface area contributed by atoms with Crippen LogP contribution in [0.25, 0.3) is 11.3 Å². The molecule has 0 unspecified atom stereocenters. The lowest BCUT2D eigenvalue weighted by Gasteiger charge is -2.02. The van der Waals surface area contributed by atoms with E-state index < -0.39 is 5.97 Å². The number of carbonyl (C=O) groups excluding carboxylic acids is 1. The number of anilines is 1. The average Bonchev–Trinajstić information content (AvgIpc) is 2.85. The topological polar surface area (TPSA) is 88.5 Å². The number of hydrogen-bond acceptors (Lipinski definition) is 5. The Labute approximate surface area is 131 Å². The standard InChI is InChI=1S/C15H16N2O4S/c1-9-14(10-3-5-11(21-2)6-4-10)17-15(22-9)16-12(18)7-8-13(19)20/h3-6H,7-8H2,1-2H3,(H,19,20)(H,16,17,18). The van der Waals surface area contributed by atoms with Crippen molar-refractivity contribution >= 4 is 28.3 Å². The van der Waals surface area contributed by atoms with Crippen molar-refractivity contribution in [3.05, 3.63) is 29.1 Å². The van der Waals surface area contributed by atoms with E-state index in [2.05, 4.69) is 10.3 Å². The molecule has 0 saturated heterocycles. The molecule has 2 rings (SSSR count). The Morgan fingerprint density at radius 1 is 1.27 bits per heavy atom. The number of aliphatic carboxylic acids is 1. The summed E-state index contributed by atoms with van der Waals surface area (Å²) >= 11 is 1.36. The molecule has 0 spiro atoms. The molecule has 0 atom stereocenters. The quantitative estimate of drug-likeness (QED) is 0.854. The fourth-order valence-electron chi connectivity index (χ4n) is 1.87. The van der Waals surface area contributed by atoms with Crippen molar-refractivity contribution < 1.29 is 19.4 Å². The van der Waals surface area contributed by atoms with Gasteiger partial charge in [-0.15, -0.1) is 11.3 Å². The third-order valence-corrected chi connectivity index (χ3v) is 3.86. The molecule has 2 aromatic rings. The first-order chi connectivity index (χ1) is 10.5. The van der Waals surface area contributed by atoms with Crippen LogP contribution in [0.2, 0.25) is 0 Å². The smallest absolute Gasteiger partial charge is 0.303 e. The van der Waals surface area contributed by atoms with Crippen LogP contribution in [-0.2, 0) is 9.59 Å². The van der Waals surface area contributed by atoms with Gasteiger partial charge in [-0.2, -0.15) is 0 Å². The van der Waals surface area contributed by atoms with Crippen LogP contribution in [0.5, 0.6) is 5.75 Å². The molecule has 0 aliphatic rings. The second-order valence-electron chi connectivity index (χ2n) is 4.59. The van der Waals surface area contributed by atoms with Gasteiger partial charge < -0.3 is 15.2 Å². The van der Waals surface area contributed by atoms with Crippen molar-refractivity contribution in [1.29, 1.82) is 0 Å². The molecule has 1 aromatic carbocycles. The lowest BCUT2D eigenvalue weighted by Crippen LogP contribution is -2.12. The lowest BCUT2D eigenvalue weighted by atomic mass is 10.1. The molecular formula is C15H16N2O4S. The number of aromatic nitrogens is 1. The molecule has 116 valence electrons. The van der Waals surface area contributed by atoms with Gasteiger partial charge in [0.05, 0.1) is 19.2 Å². The molecule has 1 aromatic heterocycles. The van der Waals surface area contributed by atoms with Gasteiger partial charge in [0.1, 0.15) is 5.75 Å². The minimum Gasteiger partial charge on any atom is -0.497 e. The molecule has 1 amide bonds. The van der Waals surface area contributed by atoms with E-state index in [4.69, 9.17) is 9.84 Å². The van der Waals surface area contributed by atoms with E-state index >= 15 is 0 Å². The normalized spacial score (nSPS) is 10.3. The zero-order chi connectivity index (χ0) is 16.1. The van der Waals surface area contributed by atoms with Crippen molar-refractivity contribution in [3.63, 3.8) is 0 Å². The minimum atomic E-state index is -0.996. The van der Waals surface area contributed by atoms with E-state index in [1.54, 1.807) is 7.11 Å². The highest BCUT2D eigenvalue weighted by Crippen LogP contribution is 2.31. The number of carbonyl (C=O) groups is 2. The zero-order valence-electron chi connectivity index (χ0n) is 12.3. The minimum absolute atomic E-state index is 0.0637. The number of carboxylic acids is 1. The predicted molar refractivity (Wildman–Crippen MR) is 84.3 cm³/mol. The van der Waals surface area contributed by atoms with E-state index in [1.807, 2.05) is 31.2 Å². The predicted octanol–water partition coefficient (Wildman–Crippen LogP) is 2.93. The van der Waals surface area contributed by atoms with Gasteiger partial charge >= 0.3 is 5.97 Å². The maximum absolute atomic E-state index is 11.6. The maximum Gasteiger partial charge on any atom is 0.303 e. The summed E-state index contributed by atoms with van der Waals surface area (Å²) in [5, 5.41) is 11.7. The fourth-order valence-corrected chi connectivity index (χ4v) is 2.72. The SMILES string of the molecule is COc1ccc(-c2nc(NC(=O)CCC(=O)O)sc2C)cc1. The molecule has 1 heterocycles. The highest BCUT2D eigenvalue weighted by atomic mass is 32.1. The number of thiazole rings is 1. The molecule has 2 N–H and O–H groups in total. The first-order valence-corrected chi connectivity index (χ1v) is 7.44. The Morgan fingerprint density at radius 2 is 1.95 bits per heavy atom. The molecule has 0 saturated carbocycles. The summed E-state index contributed by atoms with van der Waals surface area (Å²) in [7, 11) is 1.61. The van der Waals surface area contributed by atoms with E-state index in [9.17, 15) is 9.59 Å². The Bertz CT molecular complexity index is 679. The summed E-state index contributed by atoms with van der Waals surface area (Å²) in [5.41, 5.74) is 1.72. The molecule has 6 nitrogen and oxygen atoms in total. The second kappa shape index (κ2) is 7.04. The first kappa shape index (κ1) is 16.0. The molecule has 22 heavy (non-hydrogen) atoms. The van der Waals surface area contributed by atoms with Crippen molar-refractivity contribution in [2.45, 2.75) is 19.8 Å². The van der Waals surface area contributed by atoms with E-state index in [-0.39, 0.29) is 18.7 Å². The van der Waals surface area contributed by atoms with Crippen LogP contribution in [0.1, 0.15) is 17.7 Å². The van der Waals surface area contributed by atoms with Crippen LogP contribution in [0, 0.1) is 6.92 Å². The number of benzene rings is 1. The molecule has 0 aliphatic carbocycles. The van der Waals surface area contributed by atoms with Crippen LogP contribution < -0.4 is 10.1 Å².